The van der Waals surface area contributed by atoms with Crippen molar-refractivity contribution in [1.29, 1.82) is 0 Å². The molecule has 0 amide bonds. The largest absolute Gasteiger partial charge is 0.464 e. The van der Waals surface area contributed by atoms with Gasteiger partial charge in [0, 0.05) is 47.5 Å². The molecule has 0 aliphatic rings. The van der Waals surface area contributed by atoms with Gasteiger partial charge in [0.25, 0.3) is 0 Å². The maximum absolute atomic E-state index is 6.67. The molecule has 3 heteroatoms. The van der Waals surface area contributed by atoms with Crippen LogP contribution >= 0.6 is 11.3 Å². The van der Waals surface area contributed by atoms with Crippen LogP contribution in [0.15, 0.2) is 142 Å². The second kappa shape index (κ2) is 8.57. The molecule has 0 N–H and O–H groups in total. The van der Waals surface area contributed by atoms with Crippen molar-refractivity contribution in [2.75, 3.05) is 0 Å². The molecule has 0 aliphatic heterocycles. The first-order chi connectivity index (χ1) is 21.3. The monoisotopic (exact) mass is 566 g/mol. The minimum absolute atomic E-state index is 0.862. The summed E-state index contributed by atoms with van der Waals surface area (Å²) in [5, 5.41) is 10.7. The first-order valence-corrected chi connectivity index (χ1v) is 15.3. The van der Waals surface area contributed by atoms with Gasteiger partial charge in [0.05, 0.1) is 6.26 Å². The smallest absolute Gasteiger partial charge is 0.144 e. The van der Waals surface area contributed by atoms with Crippen LogP contribution in [0.3, 0.4) is 0 Å². The van der Waals surface area contributed by atoms with Crippen molar-refractivity contribution in [2.24, 2.45) is 0 Å². The van der Waals surface area contributed by atoms with Gasteiger partial charge in [-0.05, 0) is 69.1 Å². The van der Waals surface area contributed by atoms with E-state index in [0.717, 1.165) is 38.5 Å². The topological polar surface area (TPSA) is 26.3 Å². The van der Waals surface area contributed by atoms with E-state index in [0.29, 0.717) is 0 Å². The summed E-state index contributed by atoms with van der Waals surface area (Å²) in [4.78, 5) is 0. The van der Waals surface area contributed by atoms with Crippen molar-refractivity contribution < 1.29 is 8.83 Å². The van der Waals surface area contributed by atoms with E-state index in [4.69, 9.17) is 8.83 Å². The van der Waals surface area contributed by atoms with E-state index >= 15 is 0 Å². The van der Waals surface area contributed by atoms with E-state index in [1.54, 1.807) is 6.26 Å². The Morgan fingerprint density at radius 1 is 0.395 bits per heavy atom. The van der Waals surface area contributed by atoms with Crippen LogP contribution in [0.25, 0.3) is 96.9 Å². The number of para-hydroxylation sites is 1. The average molecular weight is 567 g/mol. The molecule has 200 valence electrons. The highest BCUT2D eigenvalue weighted by Gasteiger charge is 2.23. The summed E-state index contributed by atoms with van der Waals surface area (Å²) in [6.45, 7) is 0. The summed E-state index contributed by atoms with van der Waals surface area (Å²) >= 11 is 1.86. The zero-order valence-corrected chi connectivity index (χ0v) is 23.7. The highest BCUT2D eigenvalue weighted by atomic mass is 32.1. The van der Waals surface area contributed by atoms with Gasteiger partial charge in [-0.15, -0.1) is 11.3 Å². The van der Waals surface area contributed by atoms with E-state index < -0.39 is 0 Å². The summed E-state index contributed by atoms with van der Waals surface area (Å²) in [5.41, 5.74) is 7.37. The highest BCUT2D eigenvalue weighted by molar-refractivity contribution is 7.25. The fourth-order valence-electron chi connectivity index (χ4n) is 7.13. The van der Waals surface area contributed by atoms with Gasteiger partial charge >= 0.3 is 0 Å². The van der Waals surface area contributed by atoms with Gasteiger partial charge in [-0.1, -0.05) is 91.0 Å². The molecular formula is C40H22O2S. The molecule has 10 rings (SSSR count). The lowest BCUT2D eigenvalue weighted by atomic mass is 9.84. The van der Waals surface area contributed by atoms with Crippen molar-refractivity contribution in [1.82, 2.24) is 0 Å². The SMILES string of the molecule is c1ccc2c(c1)oc1c(-c3c4ccccc4c(-c4ccc5sc6ccccc6c5c4)c4ccccc34)c3ccoc3cc12. The molecule has 0 saturated heterocycles. The minimum Gasteiger partial charge on any atom is -0.464 e. The number of fused-ring (bicyclic) bond motifs is 9. The number of rotatable bonds is 2. The Bertz CT molecular complexity index is 2680. The summed E-state index contributed by atoms with van der Waals surface area (Å²) in [7, 11) is 0. The molecule has 0 fully saturated rings. The number of furan rings is 2. The second-order valence-corrected chi connectivity index (χ2v) is 12.3. The Morgan fingerprint density at radius 2 is 1.02 bits per heavy atom. The quantitative estimate of drug-likeness (QED) is 0.195. The standard InChI is InChI=1S/C40H22O2S/c1-3-13-28-26(11-1)37(23-17-18-36-31(21-23)25-10-6-8-16-35(25)43-36)27-12-2-4-14-29(27)38(28)39-30-19-20-41-34(30)22-32-24-9-5-7-15-33(24)42-40(32)39/h1-22H. The normalized spacial score (nSPS) is 12.2. The summed E-state index contributed by atoms with van der Waals surface area (Å²) in [6, 6.07) is 45.8. The van der Waals surface area contributed by atoms with E-state index in [2.05, 4.69) is 115 Å². The maximum atomic E-state index is 6.67. The van der Waals surface area contributed by atoms with E-state index in [-0.39, 0.29) is 0 Å². The van der Waals surface area contributed by atoms with Crippen LogP contribution in [0.1, 0.15) is 0 Å². The zero-order chi connectivity index (χ0) is 28.1. The third kappa shape index (κ3) is 3.17. The Balaban J connectivity index is 1.38. The average Bonchev–Trinajstić information content (AvgIpc) is 3.78. The van der Waals surface area contributed by atoms with Crippen molar-refractivity contribution in [2.45, 2.75) is 0 Å². The van der Waals surface area contributed by atoms with Gasteiger partial charge in [0.1, 0.15) is 16.7 Å². The molecule has 3 heterocycles. The summed E-state index contributed by atoms with van der Waals surface area (Å²) < 4.78 is 15.4. The van der Waals surface area contributed by atoms with Gasteiger partial charge in [0.2, 0.25) is 0 Å². The Hall–Kier alpha value is -5.38. The van der Waals surface area contributed by atoms with Crippen molar-refractivity contribution in [3.8, 4) is 22.3 Å². The van der Waals surface area contributed by atoms with Crippen molar-refractivity contribution >= 4 is 86.0 Å². The lowest BCUT2D eigenvalue weighted by molar-refractivity contribution is 0.616. The fourth-order valence-corrected chi connectivity index (χ4v) is 8.21. The lowest BCUT2D eigenvalue weighted by Crippen LogP contribution is -1.91. The Kier molecular flexibility index (Phi) is 4.63. The van der Waals surface area contributed by atoms with E-state index in [9.17, 15) is 0 Å². The zero-order valence-electron chi connectivity index (χ0n) is 22.9. The van der Waals surface area contributed by atoms with Crippen molar-refractivity contribution in [3.05, 3.63) is 134 Å². The van der Waals surface area contributed by atoms with E-state index in [1.165, 1.54) is 58.4 Å². The van der Waals surface area contributed by atoms with Gasteiger partial charge in [-0.2, -0.15) is 0 Å². The third-order valence-corrected chi connectivity index (χ3v) is 10.1. The molecule has 0 atom stereocenters. The van der Waals surface area contributed by atoms with Gasteiger partial charge in [-0.3, -0.25) is 0 Å². The maximum Gasteiger partial charge on any atom is 0.144 e. The Morgan fingerprint density at radius 3 is 1.79 bits per heavy atom. The van der Waals surface area contributed by atoms with Crippen LogP contribution in [0.2, 0.25) is 0 Å². The highest BCUT2D eigenvalue weighted by Crippen LogP contribution is 2.49. The molecule has 2 nitrogen and oxygen atoms in total. The Labute approximate surface area is 250 Å². The number of benzene rings is 7. The van der Waals surface area contributed by atoms with Crippen LogP contribution in [0.4, 0.5) is 0 Å². The van der Waals surface area contributed by atoms with Crippen LogP contribution < -0.4 is 0 Å². The molecule has 0 aliphatic carbocycles. The third-order valence-electron chi connectivity index (χ3n) is 8.95. The summed E-state index contributed by atoms with van der Waals surface area (Å²) in [5.74, 6) is 0. The molecule has 0 bridgehead atoms. The predicted octanol–water partition coefficient (Wildman–Crippen LogP) is 12.3. The van der Waals surface area contributed by atoms with Gasteiger partial charge in [0.15, 0.2) is 0 Å². The van der Waals surface area contributed by atoms with Gasteiger partial charge in [-0.25, -0.2) is 0 Å². The summed E-state index contributed by atoms with van der Waals surface area (Å²) in [6.07, 6.45) is 1.79. The number of hydrogen-bond acceptors (Lipinski definition) is 3. The van der Waals surface area contributed by atoms with Crippen molar-refractivity contribution in [3.63, 3.8) is 0 Å². The first kappa shape index (κ1) is 23.2. The van der Waals surface area contributed by atoms with Crippen LogP contribution in [-0.2, 0) is 0 Å². The lowest BCUT2D eigenvalue weighted by Gasteiger charge is -2.18. The molecule has 10 aromatic rings. The number of hydrogen-bond donors (Lipinski definition) is 0. The number of thiophene rings is 1. The first-order valence-electron chi connectivity index (χ1n) is 14.5. The van der Waals surface area contributed by atoms with E-state index in [1.807, 2.05) is 23.5 Å². The molecule has 43 heavy (non-hydrogen) atoms. The molecule has 0 radical (unpaired) electrons. The fraction of sp³-hybridized carbons (Fsp3) is 0. The predicted molar refractivity (Wildman–Crippen MR) is 182 cm³/mol. The molecule has 7 aromatic carbocycles. The minimum atomic E-state index is 0.862. The molecule has 3 aromatic heterocycles. The molecule has 0 saturated carbocycles. The van der Waals surface area contributed by atoms with Gasteiger partial charge < -0.3 is 8.83 Å². The molecule has 0 unspecified atom stereocenters. The second-order valence-electron chi connectivity index (χ2n) is 11.2. The molecular weight excluding hydrogens is 545 g/mol. The molecule has 0 spiro atoms. The van der Waals surface area contributed by atoms with Crippen LogP contribution in [0, 0.1) is 0 Å². The van der Waals surface area contributed by atoms with Crippen LogP contribution in [-0.4, -0.2) is 0 Å². The van der Waals surface area contributed by atoms with Crippen LogP contribution in [0.5, 0.6) is 0 Å².